The summed E-state index contributed by atoms with van der Waals surface area (Å²) in [5.41, 5.74) is 1.16. The van der Waals surface area contributed by atoms with Crippen molar-refractivity contribution in [1.29, 1.82) is 0 Å². The number of halogens is 1. The summed E-state index contributed by atoms with van der Waals surface area (Å²) in [5, 5.41) is 11.5. The Balaban J connectivity index is 1.98. The first-order valence-electron chi connectivity index (χ1n) is 12.2. The molecule has 1 atom stereocenters. The van der Waals surface area contributed by atoms with Gasteiger partial charge in [0.05, 0.1) is 29.1 Å². The molecule has 1 aliphatic rings. The molecule has 0 saturated carbocycles. The zero-order valence-electron chi connectivity index (χ0n) is 22.2. The van der Waals surface area contributed by atoms with Crippen LogP contribution < -0.4 is 0 Å². The maximum atomic E-state index is 15.5. The highest BCUT2D eigenvalue weighted by Gasteiger charge is 2.42. The molecule has 0 fully saturated rings. The van der Waals surface area contributed by atoms with E-state index in [9.17, 15) is 19.7 Å². The predicted octanol–water partition coefficient (Wildman–Crippen LogP) is 4.55. The number of nitro benzene ring substituents is 1. The number of hydrogen-bond donors (Lipinski definition) is 0. The second-order valence-corrected chi connectivity index (χ2v) is 8.96. The largest absolute Gasteiger partial charge is 0.466 e. The van der Waals surface area contributed by atoms with Gasteiger partial charge in [0.1, 0.15) is 6.61 Å². The molecule has 0 bridgehead atoms. The van der Waals surface area contributed by atoms with Crippen LogP contribution >= 0.6 is 0 Å². The molecule has 1 heterocycles. The molecule has 1 unspecified atom stereocenters. The maximum absolute atomic E-state index is 15.5. The van der Waals surface area contributed by atoms with Crippen LogP contribution in [0.15, 0.2) is 71.1 Å². The van der Waals surface area contributed by atoms with Crippen molar-refractivity contribution in [2.24, 2.45) is 0 Å². The van der Waals surface area contributed by atoms with Crippen molar-refractivity contribution < 1.29 is 28.4 Å². The van der Waals surface area contributed by atoms with E-state index in [-0.39, 0.29) is 23.3 Å². The van der Waals surface area contributed by atoms with Gasteiger partial charge in [-0.3, -0.25) is 15.0 Å². The van der Waals surface area contributed by atoms with Gasteiger partial charge in [0, 0.05) is 42.7 Å². The Hall–Kier alpha value is -4.05. The average Bonchev–Trinajstić information content (AvgIpc) is 2.88. The lowest BCUT2D eigenvalue weighted by atomic mass is 9.79. The molecule has 0 spiro atoms. The van der Waals surface area contributed by atoms with Gasteiger partial charge in [0.2, 0.25) is 5.82 Å². The number of hydrogen-bond acceptors (Lipinski definition) is 8. The van der Waals surface area contributed by atoms with Gasteiger partial charge in [0.25, 0.3) is 0 Å². The van der Waals surface area contributed by atoms with Crippen LogP contribution in [0.1, 0.15) is 37.8 Å². The molecule has 2 aromatic carbocycles. The third-order valence-corrected chi connectivity index (χ3v) is 6.63. The van der Waals surface area contributed by atoms with E-state index in [0.717, 1.165) is 11.6 Å². The average molecular weight is 526 g/mol. The van der Waals surface area contributed by atoms with Crippen molar-refractivity contribution in [3.05, 3.63) is 98.1 Å². The lowest BCUT2D eigenvalue weighted by Gasteiger charge is -2.37. The number of carbonyl (C=O) groups is 2. The molecule has 9 nitrogen and oxygen atoms in total. The topological polar surface area (TPSA) is 102 Å². The molecular weight excluding hydrogens is 493 g/mol. The van der Waals surface area contributed by atoms with E-state index in [1.54, 1.807) is 18.7 Å². The Morgan fingerprint density at radius 1 is 1.05 bits per heavy atom. The van der Waals surface area contributed by atoms with Crippen molar-refractivity contribution in [2.75, 3.05) is 33.9 Å². The Morgan fingerprint density at radius 3 is 2.26 bits per heavy atom. The van der Waals surface area contributed by atoms with Gasteiger partial charge in [-0.1, -0.05) is 42.5 Å². The zero-order valence-corrected chi connectivity index (χ0v) is 22.2. The number of nitro groups is 1. The van der Waals surface area contributed by atoms with Gasteiger partial charge in [0.15, 0.2) is 0 Å². The molecule has 0 radical (unpaired) electrons. The van der Waals surface area contributed by atoms with Crippen molar-refractivity contribution >= 4 is 17.6 Å². The number of rotatable bonds is 10. The molecule has 202 valence electrons. The summed E-state index contributed by atoms with van der Waals surface area (Å²) in [6, 6.07) is 13.5. The van der Waals surface area contributed by atoms with Gasteiger partial charge in [-0.25, -0.2) is 9.59 Å². The fraction of sp³-hybridized carbons (Fsp3) is 0.357. The van der Waals surface area contributed by atoms with Crippen LogP contribution in [0.4, 0.5) is 10.1 Å². The highest BCUT2D eigenvalue weighted by Crippen LogP contribution is 2.44. The number of nitrogens with zero attached hydrogens (tertiary/aromatic N) is 3. The third kappa shape index (κ3) is 5.91. The molecule has 1 aliphatic heterocycles. The summed E-state index contributed by atoms with van der Waals surface area (Å²) >= 11 is 0. The Kier molecular flexibility index (Phi) is 9.35. The van der Waals surface area contributed by atoms with Crippen molar-refractivity contribution in [3.63, 3.8) is 0 Å². The molecule has 38 heavy (non-hydrogen) atoms. The van der Waals surface area contributed by atoms with Crippen LogP contribution in [0.2, 0.25) is 0 Å². The van der Waals surface area contributed by atoms with Crippen LogP contribution in [0.5, 0.6) is 0 Å². The SMILES string of the molecule is CCN1C(C)=C(C(=O)OC)C(c2cccc([N+](=O)[O-])c2F)C(C(=O)OCCN(C)Cc2ccccc2)=C1C. The Bertz CT molecular complexity index is 1270. The second kappa shape index (κ2) is 12.5. The third-order valence-electron chi connectivity index (χ3n) is 6.63. The van der Waals surface area contributed by atoms with E-state index in [1.165, 1.54) is 19.2 Å². The molecule has 0 amide bonds. The van der Waals surface area contributed by atoms with Gasteiger partial charge in [-0.05, 0) is 33.4 Å². The maximum Gasteiger partial charge on any atom is 0.336 e. The van der Waals surface area contributed by atoms with Crippen LogP contribution in [-0.2, 0) is 25.6 Å². The molecular formula is C28H32FN3O6. The van der Waals surface area contributed by atoms with E-state index >= 15 is 4.39 Å². The normalized spacial score (nSPS) is 15.7. The van der Waals surface area contributed by atoms with Crippen molar-refractivity contribution in [1.82, 2.24) is 9.80 Å². The molecule has 0 aromatic heterocycles. The highest BCUT2D eigenvalue weighted by atomic mass is 19.1. The number of carbonyl (C=O) groups excluding carboxylic acids is 2. The van der Waals surface area contributed by atoms with E-state index in [2.05, 4.69) is 0 Å². The standard InChI is InChI=1S/C28H32FN3O6/c1-6-31-18(2)23(27(33)37-5)25(21-13-10-14-22(26(21)29)32(35)36)24(19(31)3)28(34)38-16-15-30(4)17-20-11-8-7-9-12-20/h7-14,25H,6,15-17H2,1-5H3. The van der Waals surface area contributed by atoms with Gasteiger partial charge < -0.3 is 14.4 Å². The minimum Gasteiger partial charge on any atom is -0.466 e. The second-order valence-electron chi connectivity index (χ2n) is 8.96. The number of ether oxygens (including phenoxy) is 2. The Morgan fingerprint density at radius 2 is 1.68 bits per heavy atom. The molecule has 10 heteroatoms. The lowest BCUT2D eigenvalue weighted by molar-refractivity contribution is -0.387. The van der Waals surface area contributed by atoms with Crippen LogP contribution in [0.25, 0.3) is 0 Å². The lowest BCUT2D eigenvalue weighted by Crippen LogP contribution is -2.36. The van der Waals surface area contributed by atoms with E-state index in [0.29, 0.717) is 31.0 Å². The quantitative estimate of drug-likeness (QED) is 0.253. The molecule has 2 aromatic rings. The molecule has 0 saturated heterocycles. The summed E-state index contributed by atoms with van der Waals surface area (Å²) in [6.07, 6.45) is 0. The minimum absolute atomic E-state index is 0.0208. The fourth-order valence-electron chi connectivity index (χ4n) is 4.78. The van der Waals surface area contributed by atoms with E-state index < -0.39 is 34.3 Å². The van der Waals surface area contributed by atoms with Gasteiger partial charge >= 0.3 is 17.6 Å². The number of benzene rings is 2. The first kappa shape index (κ1) is 28.5. The highest BCUT2D eigenvalue weighted by molar-refractivity contribution is 6.00. The molecule has 0 aliphatic carbocycles. The number of likely N-dealkylation sites (N-methyl/N-ethyl adjacent to an activating group) is 1. The summed E-state index contributed by atoms with van der Waals surface area (Å²) in [4.78, 5) is 40.8. The monoisotopic (exact) mass is 525 g/mol. The van der Waals surface area contributed by atoms with Gasteiger partial charge in [-0.2, -0.15) is 4.39 Å². The first-order chi connectivity index (χ1) is 18.1. The van der Waals surface area contributed by atoms with Crippen LogP contribution in [-0.4, -0.2) is 60.5 Å². The summed E-state index contributed by atoms with van der Waals surface area (Å²) in [5.74, 6) is -3.88. The van der Waals surface area contributed by atoms with E-state index in [4.69, 9.17) is 9.47 Å². The van der Waals surface area contributed by atoms with Crippen LogP contribution in [0, 0.1) is 15.9 Å². The number of allylic oxidation sites excluding steroid dienone is 2. The van der Waals surface area contributed by atoms with Crippen molar-refractivity contribution in [3.8, 4) is 0 Å². The minimum atomic E-state index is -1.25. The summed E-state index contributed by atoms with van der Waals surface area (Å²) in [6.45, 7) is 6.74. The van der Waals surface area contributed by atoms with Crippen molar-refractivity contribution in [2.45, 2.75) is 33.2 Å². The fourth-order valence-corrected chi connectivity index (χ4v) is 4.78. The predicted molar refractivity (Wildman–Crippen MR) is 139 cm³/mol. The van der Waals surface area contributed by atoms with Gasteiger partial charge in [-0.15, -0.1) is 0 Å². The molecule has 3 rings (SSSR count). The summed E-state index contributed by atoms with van der Waals surface area (Å²) < 4.78 is 26.1. The first-order valence-corrected chi connectivity index (χ1v) is 12.2. The Labute approximate surface area is 221 Å². The summed E-state index contributed by atoms with van der Waals surface area (Å²) in [7, 11) is 3.08. The smallest absolute Gasteiger partial charge is 0.336 e. The van der Waals surface area contributed by atoms with E-state index in [1.807, 2.05) is 49.2 Å². The number of methoxy groups -OCH3 is 1. The molecule has 0 N–H and O–H groups in total. The zero-order chi connectivity index (χ0) is 28.0. The number of esters is 2. The van der Waals surface area contributed by atoms with Crippen LogP contribution in [0.3, 0.4) is 0 Å².